The van der Waals surface area contributed by atoms with Crippen molar-refractivity contribution < 1.29 is 4.92 Å². The standard InChI is InChI=1S/C8H14N4O2/c1-2-3-9-4-5-11-6-8(10-7-11)12(13)14/h6-7,9H,2-5H2,1H3. The summed E-state index contributed by atoms with van der Waals surface area (Å²) in [4.78, 5) is 13.5. The van der Waals surface area contributed by atoms with Crippen LogP contribution in [0.2, 0.25) is 0 Å². The van der Waals surface area contributed by atoms with Gasteiger partial charge < -0.3 is 20.0 Å². The third-order valence-electron chi connectivity index (χ3n) is 1.78. The second kappa shape index (κ2) is 5.33. The Hall–Kier alpha value is -1.43. The highest BCUT2D eigenvalue weighted by atomic mass is 16.6. The van der Waals surface area contributed by atoms with E-state index in [-0.39, 0.29) is 5.82 Å². The molecular weight excluding hydrogens is 184 g/mol. The Morgan fingerprint density at radius 3 is 3.00 bits per heavy atom. The largest absolute Gasteiger partial charge is 0.381 e. The van der Waals surface area contributed by atoms with Gasteiger partial charge in [-0.3, -0.25) is 0 Å². The van der Waals surface area contributed by atoms with Crippen LogP contribution in [0.5, 0.6) is 0 Å². The number of imidazole rings is 1. The molecular formula is C8H14N4O2. The number of rotatable bonds is 6. The number of nitrogens with zero attached hydrogens (tertiary/aromatic N) is 3. The first kappa shape index (κ1) is 10.6. The minimum absolute atomic E-state index is 0.0968. The van der Waals surface area contributed by atoms with Crippen LogP contribution in [-0.2, 0) is 6.54 Å². The Balaban J connectivity index is 2.33. The van der Waals surface area contributed by atoms with E-state index in [0.717, 1.165) is 19.5 Å². The quantitative estimate of drug-likeness (QED) is 0.416. The summed E-state index contributed by atoms with van der Waals surface area (Å²) >= 11 is 0. The van der Waals surface area contributed by atoms with Crippen LogP contribution in [0.3, 0.4) is 0 Å². The normalized spacial score (nSPS) is 10.4. The summed E-state index contributed by atoms with van der Waals surface area (Å²) < 4.78 is 1.71. The summed E-state index contributed by atoms with van der Waals surface area (Å²) in [6.45, 7) is 4.58. The average Bonchev–Trinajstić information content (AvgIpc) is 2.61. The highest BCUT2D eigenvalue weighted by molar-refractivity contribution is 5.12. The van der Waals surface area contributed by atoms with Gasteiger partial charge in [0.15, 0.2) is 0 Å². The van der Waals surface area contributed by atoms with Gasteiger partial charge in [-0.1, -0.05) is 6.92 Å². The van der Waals surface area contributed by atoms with Gasteiger partial charge in [-0.15, -0.1) is 0 Å². The second-order valence-corrected chi connectivity index (χ2v) is 2.98. The molecule has 0 saturated carbocycles. The molecule has 0 unspecified atom stereocenters. The van der Waals surface area contributed by atoms with Crippen molar-refractivity contribution in [3.8, 4) is 0 Å². The number of hydrogen-bond donors (Lipinski definition) is 1. The molecule has 0 fully saturated rings. The fourth-order valence-electron chi connectivity index (χ4n) is 1.07. The molecule has 0 aliphatic carbocycles. The van der Waals surface area contributed by atoms with Crippen molar-refractivity contribution in [1.82, 2.24) is 14.9 Å². The zero-order chi connectivity index (χ0) is 10.4. The molecule has 0 spiro atoms. The van der Waals surface area contributed by atoms with Gasteiger partial charge in [0, 0.05) is 13.1 Å². The molecule has 6 nitrogen and oxygen atoms in total. The SMILES string of the molecule is CCCNCCn1cnc([N+](=O)[O-])c1. The van der Waals surface area contributed by atoms with E-state index in [1.165, 1.54) is 12.5 Å². The van der Waals surface area contributed by atoms with E-state index in [2.05, 4.69) is 17.2 Å². The molecule has 6 heteroatoms. The lowest BCUT2D eigenvalue weighted by molar-refractivity contribution is -0.389. The van der Waals surface area contributed by atoms with Gasteiger partial charge in [0.25, 0.3) is 0 Å². The number of aromatic nitrogens is 2. The van der Waals surface area contributed by atoms with Crippen LogP contribution in [0.15, 0.2) is 12.5 Å². The Bertz CT molecular complexity index is 297. The van der Waals surface area contributed by atoms with Crippen molar-refractivity contribution in [2.45, 2.75) is 19.9 Å². The van der Waals surface area contributed by atoms with Crippen LogP contribution in [-0.4, -0.2) is 27.6 Å². The third-order valence-corrected chi connectivity index (χ3v) is 1.78. The Labute approximate surface area is 82.1 Å². The van der Waals surface area contributed by atoms with E-state index in [1.54, 1.807) is 4.57 Å². The predicted octanol–water partition coefficient (Wildman–Crippen LogP) is 0.791. The maximum atomic E-state index is 10.3. The second-order valence-electron chi connectivity index (χ2n) is 2.98. The first-order valence-electron chi connectivity index (χ1n) is 4.61. The third kappa shape index (κ3) is 3.14. The number of hydrogen-bond acceptors (Lipinski definition) is 4. The summed E-state index contributed by atoms with van der Waals surface area (Å²) in [7, 11) is 0. The minimum atomic E-state index is -0.490. The zero-order valence-electron chi connectivity index (χ0n) is 8.14. The molecule has 1 heterocycles. The van der Waals surface area contributed by atoms with Crippen molar-refractivity contribution in [1.29, 1.82) is 0 Å². The maximum Gasteiger partial charge on any atom is 0.381 e. The van der Waals surface area contributed by atoms with Crippen LogP contribution in [0, 0.1) is 10.1 Å². The number of nitro groups is 1. The number of nitrogens with one attached hydrogen (secondary N) is 1. The lowest BCUT2D eigenvalue weighted by Crippen LogP contribution is -2.19. The summed E-state index contributed by atoms with van der Waals surface area (Å²) in [5, 5.41) is 13.5. The van der Waals surface area contributed by atoms with Gasteiger partial charge in [-0.05, 0) is 22.9 Å². The lowest BCUT2D eigenvalue weighted by Gasteiger charge is -2.01. The van der Waals surface area contributed by atoms with Crippen molar-refractivity contribution in [3.63, 3.8) is 0 Å². The highest BCUT2D eigenvalue weighted by Crippen LogP contribution is 2.04. The molecule has 0 amide bonds. The van der Waals surface area contributed by atoms with E-state index in [1.807, 2.05) is 0 Å². The molecule has 0 atom stereocenters. The first-order valence-corrected chi connectivity index (χ1v) is 4.61. The van der Waals surface area contributed by atoms with E-state index < -0.39 is 4.92 Å². The van der Waals surface area contributed by atoms with Crippen molar-refractivity contribution >= 4 is 5.82 Å². The van der Waals surface area contributed by atoms with Crippen LogP contribution < -0.4 is 5.32 Å². The predicted molar refractivity (Wildman–Crippen MR) is 52.0 cm³/mol. The Morgan fingerprint density at radius 2 is 2.43 bits per heavy atom. The van der Waals surface area contributed by atoms with Gasteiger partial charge in [-0.25, -0.2) is 0 Å². The van der Waals surface area contributed by atoms with Gasteiger partial charge in [0.1, 0.15) is 6.20 Å². The average molecular weight is 198 g/mol. The summed E-state index contributed by atoms with van der Waals surface area (Å²) in [6, 6.07) is 0. The molecule has 0 saturated heterocycles. The molecule has 14 heavy (non-hydrogen) atoms. The van der Waals surface area contributed by atoms with Crippen LogP contribution >= 0.6 is 0 Å². The monoisotopic (exact) mass is 198 g/mol. The zero-order valence-corrected chi connectivity index (χ0v) is 8.14. The Kier molecular flexibility index (Phi) is 4.06. The summed E-state index contributed by atoms with van der Waals surface area (Å²) in [5.41, 5.74) is 0. The minimum Gasteiger partial charge on any atom is -0.358 e. The lowest BCUT2D eigenvalue weighted by atomic mass is 10.5. The van der Waals surface area contributed by atoms with Crippen LogP contribution in [0.25, 0.3) is 0 Å². The highest BCUT2D eigenvalue weighted by Gasteiger charge is 2.08. The molecule has 0 aliphatic rings. The molecule has 1 N–H and O–H groups in total. The fourth-order valence-corrected chi connectivity index (χ4v) is 1.07. The van der Waals surface area contributed by atoms with E-state index >= 15 is 0 Å². The molecule has 1 rings (SSSR count). The summed E-state index contributed by atoms with van der Waals surface area (Å²) in [5.74, 6) is -0.0968. The Morgan fingerprint density at radius 1 is 1.64 bits per heavy atom. The van der Waals surface area contributed by atoms with Crippen LogP contribution in [0.1, 0.15) is 13.3 Å². The van der Waals surface area contributed by atoms with Crippen molar-refractivity contribution in [2.24, 2.45) is 0 Å². The molecule has 0 bridgehead atoms. The maximum absolute atomic E-state index is 10.3. The topological polar surface area (TPSA) is 73.0 Å². The molecule has 0 aromatic carbocycles. The van der Waals surface area contributed by atoms with Crippen LogP contribution in [0.4, 0.5) is 5.82 Å². The molecule has 78 valence electrons. The molecule has 0 radical (unpaired) electrons. The van der Waals surface area contributed by atoms with E-state index in [9.17, 15) is 10.1 Å². The van der Waals surface area contributed by atoms with E-state index in [4.69, 9.17) is 0 Å². The van der Waals surface area contributed by atoms with Gasteiger partial charge in [0.05, 0.1) is 0 Å². The van der Waals surface area contributed by atoms with Crippen molar-refractivity contribution in [3.05, 3.63) is 22.6 Å². The smallest absolute Gasteiger partial charge is 0.358 e. The van der Waals surface area contributed by atoms with Gasteiger partial charge in [-0.2, -0.15) is 0 Å². The molecule has 1 aromatic heterocycles. The summed E-state index contributed by atoms with van der Waals surface area (Å²) in [6.07, 6.45) is 4.00. The van der Waals surface area contributed by atoms with Crippen molar-refractivity contribution in [2.75, 3.05) is 13.1 Å². The molecule has 1 aromatic rings. The van der Waals surface area contributed by atoms with E-state index in [0.29, 0.717) is 6.54 Å². The first-order chi connectivity index (χ1) is 6.74. The van der Waals surface area contributed by atoms with Gasteiger partial charge in [0.2, 0.25) is 6.33 Å². The van der Waals surface area contributed by atoms with Gasteiger partial charge >= 0.3 is 5.82 Å². The fraction of sp³-hybridized carbons (Fsp3) is 0.625. The molecule has 0 aliphatic heterocycles.